The summed E-state index contributed by atoms with van der Waals surface area (Å²) < 4.78 is 65.1. The summed E-state index contributed by atoms with van der Waals surface area (Å²) >= 11 is 11.5. The molecule has 11 heteroatoms. The zero-order chi connectivity index (χ0) is 18.8. The van der Waals surface area contributed by atoms with Gasteiger partial charge < -0.3 is 5.11 Å². The summed E-state index contributed by atoms with van der Waals surface area (Å²) in [5.41, 5.74) is 0. The van der Waals surface area contributed by atoms with Crippen LogP contribution in [0.1, 0.15) is 12.8 Å². The van der Waals surface area contributed by atoms with Gasteiger partial charge in [0.2, 0.25) is 10.0 Å². The Bertz CT molecular complexity index is 696. The number of alkyl halides is 3. The van der Waals surface area contributed by atoms with Crippen molar-refractivity contribution in [1.82, 2.24) is 9.62 Å². The molecule has 2 N–H and O–H groups in total. The Hall–Kier alpha value is -0.580. The third-order valence-electron chi connectivity index (χ3n) is 3.84. The standard InChI is InChI=1S/C14H17Cl2F3N2O3S/c15-9-4-10(16)6-12(5-9)25(23,24)20-7-11(22)8-21-3-1-2-13(21)14(17,18)19/h4-6,11,13,20,22H,1-3,7-8H2/t11-,13?/m0/s1. The molecule has 1 fully saturated rings. The topological polar surface area (TPSA) is 69.6 Å². The number of benzene rings is 1. The molecule has 0 bridgehead atoms. The summed E-state index contributed by atoms with van der Waals surface area (Å²) in [6, 6.07) is 2.12. The maximum atomic E-state index is 12.9. The zero-order valence-electron chi connectivity index (χ0n) is 12.9. The van der Waals surface area contributed by atoms with Crippen LogP contribution in [0.2, 0.25) is 10.0 Å². The van der Waals surface area contributed by atoms with E-state index in [0.29, 0.717) is 6.42 Å². The molecule has 1 saturated heterocycles. The Kier molecular flexibility index (Phi) is 6.61. The van der Waals surface area contributed by atoms with Crippen LogP contribution in [0.25, 0.3) is 0 Å². The van der Waals surface area contributed by atoms with Crippen LogP contribution in [0.4, 0.5) is 13.2 Å². The van der Waals surface area contributed by atoms with E-state index in [1.807, 2.05) is 0 Å². The molecule has 0 saturated carbocycles. The predicted octanol–water partition coefficient (Wildman–Crippen LogP) is 2.66. The van der Waals surface area contributed by atoms with E-state index in [-0.39, 0.29) is 34.5 Å². The lowest BCUT2D eigenvalue weighted by atomic mass is 10.2. The number of halogens is 5. The minimum Gasteiger partial charge on any atom is -0.390 e. The van der Waals surface area contributed by atoms with E-state index in [1.165, 1.54) is 18.2 Å². The molecule has 1 unspecified atom stereocenters. The highest BCUT2D eigenvalue weighted by molar-refractivity contribution is 7.89. The minimum atomic E-state index is -4.37. The molecular formula is C14H17Cl2F3N2O3S. The van der Waals surface area contributed by atoms with Crippen LogP contribution >= 0.6 is 23.2 Å². The Balaban J connectivity index is 1.96. The second-order valence-electron chi connectivity index (χ2n) is 5.81. The monoisotopic (exact) mass is 420 g/mol. The number of rotatable bonds is 6. The van der Waals surface area contributed by atoms with Gasteiger partial charge in [0.05, 0.1) is 11.0 Å². The van der Waals surface area contributed by atoms with E-state index in [0.717, 1.165) is 4.90 Å². The quantitative estimate of drug-likeness (QED) is 0.741. The smallest absolute Gasteiger partial charge is 0.390 e. The average Bonchev–Trinajstić information content (AvgIpc) is 2.92. The van der Waals surface area contributed by atoms with Crippen LogP contribution in [-0.2, 0) is 10.0 Å². The molecular weight excluding hydrogens is 404 g/mol. The van der Waals surface area contributed by atoms with Crippen molar-refractivity contribution in [2.75, 3.05) is 19.6 Å². The zero-order valence-corrected chi connectivity index (χ0v) is 15.3. The number of nitrogens with one attached hydrogen (secondary N) is 1. The molecule has 5 nitrogen and oxygen atoms in total. The van der Waals surface area contributed by atoms with Crippen molar-refractivity contribution in [3.63, 3.8) is 0 Å². The fraction of sp³-hybridized carbons (Fsp3) is 0.571. The number of nitrogens with zero attached hydrogens (tertiary/aromatic N) is 1. The van der Waals surface area contributed by atoms with Gasteiger partial charge in [-0.15, -0.1) is 0 Å². The molecule has 1 aliphatic heterocycles. The van der Waals surface area contributed by atoms with Crippen molar-refractivity contribution in [2.45, 2.75) is 36.1 Å². The summed E-state index contributed by atoms with van der Waals surface area (Å²) in [6.45, 7) is -0.492. The van der Waals surface area contributed by atoms with Crippen molar-refractivity contribution >= 4 is 33.2 Å². The summed E-state index contributed by atoms with van der Waals surface area (Å²) in [7, 11) is -4.00. The first kappa shape index (κ1) is 20.7. The van der Waals surface area contributed by atoms with Gasteiger partial charge in [-0.1, -0.05) is 23.2 Å². The van der Waals surface area contributed by atoms with Gasteiger partial charge in [-0.05, 0) is 37.6 Å². The second-order valence-corrected chi connectivity index (χ2v) is 8.45. The number of β-amino-alcohol motifs (C(OH)–C–C–N with tert-alkyl or cyclic N) is 1. The molecule has 1 aromatic rings. The highest BCUT2D eigenvalue weighted by Crippen LogP contribution is 2.32. The van der Waals surface area contributed by atoms with Crippen molar-refractivity contribution in [1.29, 1.82) is 0 Å². The van der Waals surface area contributed by atoms with Crippen molar-refractivity contribution in [3.8, 4) is 0 Å². The van der Waals surface area contributed by atoms with Crippen molar-refractivity contribution in [2.24, 2.45) is 0 Å². The molecule has 1 aliphatic rings. The third kappa shape index (κ3) is 5.70. The van der Waals surface area contributed by atoms with Gasteiger partial charge in [0, 0.05) is 23.1 Å². The van der Waals surface area contributed by atoms with E-state index in [1.54, 1.807) is 0 Å². The number of aliphatic hydroxyl groups is 1. The number of aliphatic hydroxyl groups excluding tert-OH is 1. The molecule has 0 aliphatic carbocycles. The van der Waals surface area contributed by atoms with E-state index in [9.17, 15) is 26.7 Å². The van der Waals surface area contributed by atoms with Gasteiger partial charge in [0.1, 0.15) is 6.04 Å². The Labute approximate surface area is 153 Å². The average molecular weight is 421 g/mol. The molecule has 0 radical (unpaired) electrons. The first-order valence-electron chi connectivity index (χ1n) is 7.43. The Morgan fingerprint density at radius 2 is 1.88 bits per heavy atom. The summed E-state index contributed by atoms with van der Waals surface area (Å²) in [4.78, 5) is 0.932. The van der Waals surface area contributed by atoms with Gasteiger partial charge in [-0.25, -0.2) is 13.1 Å². The molecule has 1 heterocycles. The highest BCUT2D eigenvalue weighted by Gasteiger charge is 2.46. The molecule has 2 rings (SSSR count). The number of hydrogen-bond donors (Lipinski definition) is 2. The normalized spacial score (nSPS) is 20.8. The summed E-state index contributed by atoms with van der Waals surface area (Å²) in [5.74, 6) is 0. The van der Waals surface area contributed by atoms with E-state index >= 15 is 0 Å². The van der Waals surface area contributed by atoms with Crippen LogP contribution < -0.4 is 4.72 Å². The molecule has 0 aromatic heterocycles. The predicted molar refractivity (Wildman–Crippen MR) is 88.3 cm³/mol. The summed E-state index contributed by atoms with van der Waals surface area (Å²) in [6.07, 6.45) is -5.30. The van der Waals surface area contributed by atoms with Crippen LogP contribution in [-0.4, -0.2) is 56.4 Å². The highest BCUT2D eigenvalue weighted by atomic mass is 35.5. The second kappa shape index (κ2) is 7.98. The van der Waals surface area contributed by atoms with Gasteiger partial charge in [-0.3, -0.25) is 4.90 Å². The fourth-order valence-electron chi connectivity index (χ4n) is 2.72. The van der Waals surface area contributed by atoms with Crippen LogP contribution in [0, 0.1) is 0 Å². The van der Waals surface area contributed by atoms with Crippen LogP contribution in [0.5, 0.6) is 0 Å². The number of likely N-dealkylation sites (tertiary alicyclic amines) is 1. The Morgan fingerprint density at radius 1 is 1.28 bits per heavy atom. The third-order valence-corrected chi connectivity index (χ3v) is 5.68. The summed E-state index contributed by atoms with van der Waals surface area (Å²) in [5, 5.41) is 10.2. The molecule has 2 atom stereocenters. The van der Waals surface area contributed by atoms with E-state index in [4.69, 9.17) is 23.2 Å². The molecule has 0 amide bonds. The molecule has 0 spiro atoms. The van der Waals surface area contributed by atoms with Gasteiger partial charge in [0.25, 0.3) is 0 Å². The van der Waals surface area contributed by atoms with Crippen LogP contribution in [0.3, 0.4) is 0 Å². The van der Waals surface area contributed by atoms with Gasteiger partial charge in [-0.2, -0.15) is 13.2 Å². The number of sulfonamides is 1. The first-order chi connectivity index (χ1) is 11.5. The van der Waals surface area contributed by atoms with Gasteiger partial charge in [0.15, 0.2) is 0 Å². The van der Waals surface area contributed by atoms with E-state index in [2.05, 4.69) is 4.72 Å². The maximum Gasteiger partial charge on any atom is 0.404 e. The lowest BCUT2D eigenvalue weighted by Gasteiger charge is -2.28. The van der Waals surface area contributed by atoms with Crippen LogP contribution in [0.15, 0.2) is 23.1 Å². The fourth-order valence-corrected chi connectivity index (χ4v) is 4.52. The molecule has 1 aromatic carbocycles. The maximum absolute atomic E-state index is 12.9. The first-order valence-corrected chi connectivity index (χ1v) is 9.67. The number of hydrogen-bond acceptors (Lipinski definition) is 4. The van der Waals surface area contributed by atoms with E-state index < -0.39 is 34.9 Å². The molecule has 25 heavy (non-hydrogen) atoms. The van der Waals surface area contributed by atoms with Crippen molar-refractivity contribution < 1.29 is 26.7 Å². The van der Waals surface area contributed by atoms with Gasteiger partial charge >= 0.3 is 6.18 Å². The lowest BCUT2D eigenvalue weighted by Crippen LogP contribution is -2.46. The minimum absolute atomic E-state index is 0.0248. The molecule has 142 valence electrons. The van der Waals surface area contributed by atoms with Crippen molar-refractivity contribution in [3.05, 3.63) is 28.2 Å². The SMILES string of the molecule is O=S(=O)(NC[C@H](O)CN1CCCC1C(F)(F)F)c1cc(Cl)cc(Cl)c1. The largest absolute Gasteiger partial charge is 0.404 e. The Morgan fingerprint density at radius 3 is 2.44 bits per heavy atom. The lowest BCUT2D eigenvalue weighted by molar-refractivity contribution is -0.178.